The predicted molar refractivity (Wildman–Crippen MR) is 169 cm³/mol. The fourth-order valence-corrected chi connectivity index (χ4v) is 6.26. The summed E-state index contributed by atoms with van der Waals surface area (Å²) < 4.78 is 43.3. The van der Waals surface area contributed by atoms with E-state index in [1.807, 2.05) is 68.4 Å². The number of rotatable bonds is 12. The number of carbonyl (C=O) groups excluding carboxylic acids is 2. The Morgan fingerprint density at radius 1 is 0.814 bits per heavy atom. The van der Waals surface area contributed by atoms with Crippen LogP contribution in [-0.4, -0.2) is 43.8 Å². The second kappa shape index (κ2) is 14.4. The summed E-state index contributed by atoms with van der Waals surface area (Å²) in [7, 11) is -4.29. The molecule has 4 aromatic carbocycles. The third-order valence-corrected chi connectivity index (χ3v) is 9.01. The van der Waals surface area contributed by atoms with Crippen LogP contribution in [-0.2, 0) is 32.6 Å². The fraction of sp³-hybridized carbons (Fsp3) is 0.212. The zero-order chi connectivity index (χ0) is 31.0. The van der Waals surface area contributed by atoms with Gasteiger partial charge in [0.2, 0.25) is 11.8 Å². The molecule has 1 atom stereocenters. The number of benzene rings is 4. The molecule has 7 nitrogen and oxygen atoms in total. The summed E-state index contributed by atoms with van der Waals surface area (Å²) >= 11 is 3.43. The summed E-state index contributed by atoms with van der Waals surface area (Å²) in [6.07, 6.45) is 0.220. The minimum Gasteiger partial charge on any atom is -0.352 e. The maximum atomic E-state index is 14.3. The molecule has 0 saturated carbocycles. The largest absolute Gasteiger partial charge is 0.352 e. The van der Waals surface area contributed by atoms with Crippen molar-refractivity contribution in [2.75, 3.05) is 10.8 Å². The lowest BCUT2D eigenvalue weighted by atomic mass is 10.0. The van der Waals surface area contributed by atoms with Crippen molar-refractivity contribution in [1.29, 1.82) is 0 Å². The van der Waals surface area contributed by atoms with E-state index >= 15 is 0 Å². The lowest BCUT2D eigenvalue weighted by Crippen LogP contribution is -2.54. The summed E-state index contributed by atoms with van der Waals surface area (Å²) in [5.74, 6) is -1.50. The van der Waals surface area contributed by atoms with Crippen LogP contribution in [0.5, 0.6) is 0 Å². The van der Waals surface area contributed by atoms with E-state index in [0.29, 0.717) is 0 Å². The Bertz CT molecular complexity index is 1620. The smallest absolute Gasteiger partial charge is 0.264 e. The van der Waals surface area contributed by atoms with Gasteiger partial charge in [0.05, 0.1) is 10.6 Å². The van der Waals surface area contributed by atoms with Crippen LogP contribution in [0, 0.1) is 5.82 Å². The zero-order valence-electron chi connectivity index (χ0n) is 23.9. The summed E-state index contributed by atoms with van der Waals surface area (Å²) in [6.45, 7) is 3.16. The first-order valence-corrected chi connectivity index (χ1v) is 16.0. The van der Waals surface area contributed by atoms with Crippen LogP contribution in [0.3, 0.4) is 0 Å². The van der Waals surface area contributed by atoms with Gasteiger partial charge in [-0.2, -0.15) is 0 Å². The number of hydrogen-bond acceptors (Lipinski definition) is 4. The van der Waals surface area contributed by atoms with Crippen LogP contribution in [0.15, 0.2) is 119 Å². The Labute approximate surface area is 260 Å². The van der Waals surface area contributed by atoms with Crippen molar-refractivity contribution in [3.63, 3.8) is 0 Å². The van der Waals surface area contributed by atoms with E-state index in [2.05, 4.69) is 21.2 Å². The van der Waals surface area contributed by atoms with Gasteiger partial charge in [-0.05, 0) is 73.5 Å². The van der Waals surface area contributed by atoms with Crippen molar-refractivity contribution in [2.24, 2.45) is 0 Å². The SMILES string of the molecule is CC(C)NC(=O)[C@@H](Cc1ccccc1)N(Cc1ccc(Br)cc1)C(=O)CN(c1ccccc1)S(=O)(=O)c1ccc(F)cc1. The quantitative estimate of drug-likeness (QED) is 0.203. The molecule has 0 aromatic heterocycles. The van der Waals surface area contributed by atoms with Gasteiger partial charge in [-0.1, -0.05) is 76.6 Å². The van der Waals surface area contributed by atoms with Gasteiger partial charge >= 0.3 is 0 Å². The van der Waals surface area contributed by atoms with Crippen LogP contribution < -0.4 is 9.62 Å². The number of anilines is 1. The molecular weight excluding hydrogens is 633 g/mol. The summed E-state index contributed by atoms with van der Waals surface area (Å²) in [6, 6.07) is 28.3. The minimum absolute atomic E-state index is 0.0638. The van der Waals surface area contributed by atoms with E-state index < -0.39 is 34.3 Å². The highest BCUT2D eigenvalue weighted by molar-refractivity contribution is 9.10. The molecule has 10 heteroatoms. The molecule has 0 bridgehead atoms. The second-order valence-corrected chi connectivity index (χ2v) is 13.1. The number of carbonyl (C=O) groups is 2. The van der Waals surface area contributed by atoms with E-state index in [9.17, 15) is 22.4 Å². The first-order valence-electron chi connectivity index (χ1n) is 13.8. The molecule has 0 aliphatic carbocycles. The molecule has 1 N–H and O–H groups in total. The molecule has 2 amide bonds. The maximum Gasteiger partial charge on any atom is 0.264 e. The molecule has 43 heavy (non-hydrogen) atoms. The highest BCUT2D eigenvalue weighted by atomic mass is 79.9. The Hall–Kier alpha value is -4.02. The predicted octanol–water partition coefficient (Wildman–Crippen LogP) is 5.95. The van der Waals surface area contributed by atoms with Gasteiger partial charge in [0.15, 0.2) is 0 Å². The highest BCUT2D eigenvalue weighted by Crippen LogP contribution is 2.25. The third kappa shape index (κ3) is 8.52. The molecule has 0 unspecified atom stereocenters. The minimum atomic E-state index is -4.29. The van der Waals surface area contributed by atoms with E-state index in [-0.39, 0.29) is 35.5 Å². The van der Waals surface area contributed by atoms with E-state index in [1.165, 1.54) is 17.0 Å². The Morgan fingerprint density at radius 2 is 1.40 bits per heavy atom. The van der Waals surface area contributed by atoms with Gasteiger partial charge in [-0.15, -0.1) is 0 Å². The van der Waals surface area contributed by atoms with Gasteiger partial charge in [0, 0.05) is 23.5 Å². The van der Waals surface area contributed by atoms with Gasteiger partial charge in [0.25, 0.3) is 10.0 Å². The average Bonchev–Trinajstić information content (AvgIpc) is 2.99. The molecule has 0 radical (unpaired) electrons. The van der Waals surface area contributed by atoms with Crippen LogP contribution in [0.4, 0.5) is 10.1 Å². The standard InChI is InChI=1S/C33H33BrFN3O4S/c1-24(2)36-33(40)31(21-25-9-5-3-6-10-25)37(22-26-13-15-27(34)16-14-26)32(39)23-38(29-11-7-4-8-12-29)43(41,42)30-19-17-28(35)18-20-30/h3-20,24,31H,21-23H2,1-2H3,(H,36,40)/t31-/m1/s1. The number of halogens is 2. The van der Waals surface area contributed by atoms with Gasteiger partial charge in [0.1, 0.15) is 18.4 Å². The molecule has 0 aliphatic heterocycles. The number of sulfonamides is 1. The normalized spacial score (nSPS) is 12.0. The molecule has 224 valence electrons. The third-order valence-electron chi connectivity index (χ3n) is 6.69. The number of hydrogen-bond donors (Lipinski definition) is 1. The number of amides is 2. The number of nitrogens with one attached hydrogen (secondary N) is 1. The maximum absolute atomic E-state index is 14.3. The van der Waals surface area contributed by atoms with Crippen LogP contribution in [0.25, 0.3) is 0 Å². The molecule has 4 aromatic rings. The summed E-state index contributed by atoms with van der Waals surface area (Å²) in [4.78, 5) is 29.3. The van der Waals surface area contributed by atoms with Crippen molar-refractivity contribution in [3.8, 4) is 0 Å². The van der Waals surface area contributed by atoms with Crippen LogP contribution in [0.2, 0.25) is 0 Å². The Kier molecular flexibility index (Phi) is 10.7. The summed E-state index contributed by atoms with van der Waals surface area (Å²) in [5, 5.41) is 2.93. The Morgan fingerprint density at radius 3 is 1.98 bits per heavy atom. The summed E-state index contributed by atoms with van der Waals surface area (Å²) in [5.41, 5.74) is 1.87. The van der Waals surface area contributed by atoms with Crippen molar-refractivity contribution >= 4 is 43.5 Å². The highest BCUT2D eigenvalue weighted by Gasteiger charge is 2.34. The van der Waals surface area contributed by atoms with E-state index in [0.717, 1.165) is 32.0 Å². The molecule has 0 heterocycles. The molecule has 0 spiro atoms. The molecule has 0 aliphatic rings. The van der Waals surface area contributed by atoms with Crippen molar-refractivity contribution in [2.45, 2.75) is 43.8 Å². The first kappa shape index (κ1) is 31.9. The fourth-order valence-electron chi connectivity index (χ4n) is 4.58. The monoisotopic (exact) mass is 665 g/mol. The molecule has 0 fully saturated rings. The second-order valence-electron chi connectivity index (χ2n) is 10.3. The van der Waals surface area contributed by atoms with Crippen molar-refractivity contribution in [3.05, 3.63) is 131 Å². The molecular formula is C33H33BrFN3O4S. The lowest BCUT2D eigenvalue weighted by molar-refractivity contribution is -0.140. The van der Waals surface area contributed by atoms with Gasteiger partial charge < -0.3 is 10.2 Å². The van der Waals surface area contributed by atoms with Crippen LogP contribution in [0.1, 0.15) is 25.0 Å². The zero-order valence-corrected chi connectivity index (χ0v) is 26.3. The van der Waals surface area contributed by atoms with Crippen molar-refractivity contribution < 1.29 is 22.4 Å². The Balaban J connectivity index is 1.78. The molecule has 0 saturated heterocycles. The number of para-hydroxylation sites is 1. The van der Waals surface area contributed by atoms with E-state index in [1.54, 1.807) is 30.3 Å². The first-order chi connectivity index (χ1) is 20.5. The van der Waals surface area contributed by atoms with E-state index in [4.69, 9.17) is 0 Å². The topological polar surface area (TPSA) is 86.8 Å². The number of nitrogens with zero attached hydrogens (tertiary/aromatic N) is 2. The van der Waals surface area contributed by atoms with Gasteiger partial charge in [-0.25, -0.2) is 12.8 Å². The van der Waals surface area contributed by atoms with Crippen molar-refractivity contribution in [1.82, 2.24) is 10.2 Å². The average molecular weight is 667 g/mol. The van der Waals surface area contributed by atoms with Gasteiger partial charge in [-0.3, -0.25) is 13.9 Å². The van der Waals surface area contributed by atoms with Crippen LogP contribution >= 0.6 is 15.9 Å². The lowest BCUT2D eigenvalue weighted by Gasteiger charge is -2.34. The molecule has 4 rings (SSSR count).